The van der Waals surface area contributed by atoms with E-state index in [1.807, 2.05) is 0 Å². The standard InChI is InChI=1S/C36H51P.C8H14.C5H12.Ni/c1-33(2,3)26-18-24(19-27(22-26)34(4,5)6)30-16-15-17-31(32(30)37(13)14)25-20-28(35(7,8)9)23-29(21-25)36(10,11)12;1-2-4-6-8-7-5-3-1;1-3-5-4-2;/h15-23H,1-14H3;1-2H,3-8H2;3-5H2,1-2H3;/p+1/b;2-1-;;. The second-order valence-corrected chi connectivity index (χ2v) is 21.6. The summed E-state index contributed by atoms with van der Waals surface area (Å²) in [7, 11) is -0.757. The van der Waals surface area contributed by atoms with Crippen LogP contribution in [-0.4, -0.2) is 13.3 Å². The summed E-state index contributed by atoms with van der Waals surface area (Å²) in [5.41, 5.74) is 11.6. The van der Waals surface area contributed by atoms with Crippen LogP contribution >= 0.6 is 7.92 Å². The van der Waals surface area contributed by atoms with E-state index in [9.17, 15) is 0 Å². The third kappa shape index (κ3) is 15.3. The molecule has 0 bridgehead atoms. The molecule has 1 aliphatic rings. The minimum absolute atomic E-state index is 0. The van der Waals surface area contributed by atoms with E-state index in [4.69, 9.17) is 0 Å². The Hall–Kier alpha value is -1.68. The van der Waals surface area contributed by atoms with Gasteiger partial charge in [-0.15, -0.1) is 0 Å². The van der Waals surface area contributed by atoms with E-state index in [2.05, 4.69) is 177 Å². The van der Waals surface area contributed by atoms with E-state index in [-0.39, 0.29) is 38.2 Å². The number of rotatable bonds is 5. The first-order valence-electron chi connectivity index (χ1n) is 20.0. The molecule has 3 aromatic rings. The Morgan fingerprint density at radius 1 is 0.490 bits per heavy atom. The van der Waals surface area contributed by atoms with E-state index in [0.29, 0.717) is 0 Å². The van der Waals surface area contributed by atoms with Gasteiger partial charge in [-0.2, -0.15) is 0 Å². The Kier molecular flexibility index (Phi) is 19.2. The van der Waals surface area contributed by atoms with Gasteiger partial charge in [0.05, 0.1) is 13.3 Å². The van der Waals surface area contributed by atoms with Crippen molar-refractivity contribution < 1.29 is 16.5 Å². The second-order valence-electron chi connectivity index (χ2n) is 19.1. The molecule has 4 rings (SSSR count). The molecule has 288 valence electrons. The average Bonchev–Trinajstić information content (AvgIpc) is 2.99. The van der Waals surface area contributed by atoms with Gasteiger partial charge in [-0.3, -0.25) is 0 Å². The van der Waals surface area contributed by atoms with Gasteiger partial charge in [0.2, 0.25) is 0 Å². The van der Waals surface area contributed by atoms with Gasteiger partial charge in [0.15, 0.2) is 0 Å². The van der Waals surface area contributed by atoms with E-state index in [0.717, 1.165) is 0 Å². The van der Waals surface area contributed by atoms with Crippen molar-refractivity contribution in [2.45, 2.75) is 176 Å². The second kappa shape index (κ2) is 20.7. The zero-order valence-corrected chi connectivity index (χ0v) is 38.0. The molecule has 0 spiro atoms. The summed E-state index contributed by atoms with van der Waals surface area (Å²) < 4.78 is 0. The van der Waals surface area contributed by atoms with Crippen LogP contribution in [-0.2, 0) is 38.2 Å². The molecule has 0 saturated carbocycles. The topological polar surface area (TPSA) is 0 Å². The largest absolute Gasteiger partial charge is 0.106 e. The maximum Gasteiger partial charge on any atom is 0.106 e. The summed E-state index contributed by atoms with van der Waals surface area (Å²) in [5, 5.41) is 1.55. The van der Waals surface area contributed by atoms with Crippen LogP contribution in [0.15, 0.2) is 66.7 Å². The monoisotopic (exact) mass is 756 g/mol. The van der Waals surface area contributed by atoms with Crippen LogP contribution in [0.3, 0.4) is 0 Å². The number of hydrogen-bond donors (Lipinski definition) is 0. The van der Waals surface area contributed by atoms with Crippen molar-refractivity contribution in [2.75, 3.05) is 13.3 Å². The van der Waals surface area contributed by atoms with Crippen LogP contribution < -0.4 is 5.30 Å². The SMILES string of the molecule is C1=C\CCCCCC/1.CCCCC.C[PH+](C)c1c(-c2cc(C(C)(C)C)cc(C(C)(C)C)c2)cccc1-c1cc(C(C)(C)C)cc(C(C)(C)C)c1.[Ni]. The first-order chi connectivity index (χ1) is 23.1. The molecule has 0 saturated heterocycles. The van der Waals surface area contributed by atoms with Crippen LogP contribution in [0.2, 0.25) is 0 Å². The molecule has 0 radical (unpaired) electrons. The Morgan fingerprint density at radius 2 is 0.804 bits per heavy atom. The summed E-state index contributed by atoms with van der Waals surface area (Å²) >= 11 is 0. The maximum atomic E-state index is 2.45. The van der Waals surface area contributed by atoms with Crippen LogP contribution in [0.5, 0.6) is 0 Å². The third-order valence-corrected chi connectivity index (χ3v) is 11.4. The van der Waals surface area contributed by atoms with Crippen LogP contribution in [0, 0.1) is 0 Å². The van der Waals surface area contributed by atoms with Gasteiger partial charge in [-0.1, -0.05) is 196 Å². The van der Waals surface area contributed by atoms with Gasteiger partial charge in [0, 0.05) is 35.5 Å². The predicted octanol–water partition coefficient (Wildman–Crippen LogP) is 15.4. The third-order valence-electron chi connectivity index (χ3n) is 9.88. The van der Waals surface area contributed by atoms with Crippen LogP contribution in [0.1, 0.15) is 177 Å². The number of hydrogen-bond acceptors (Lipinski definition) is 0. The molecule has 0 fully saturated rings. The predicted molar refractivity (Wildman–Crippen MR) is 234 cm³/mol. The van der Waals surface area contributed by atoms with Crippen LogP contribution in [0.25, 0.3) is 22.3 Å². The number of unbranched alkanes of at least 4 members (excludes halogenated alkanes) is 2. The van der Waals surface area contributed by atoms with Crippen molar-refractivity contribution >= 4 is 13.2 Å². The Balaban J connectivity index is 0.000000780. The molecule has 0 aromatic heterocycles. The molecule has 0 aliphatic heterocycles. The van der Waals surface area contributed by atoms with Gasteiger partial charge in [0.1, 0.15) is 5.30 Å². The van der Waals surface area contributed by atoms with E-state index >= 15 is 0 Å². The quantitative estimate of drug-likeness (QED) is 0.138. The Morgan fingerprint density at radius 3 is 1.04 bits per heavy atom. The average molecular weight is 757 g/mol. The molecule has 3 aromatic carbocycles. The van der Waals surface area contributed by atoms with Crippen molar-refractivity contribution in [3.8, 4) is 22.3 Å². The molecule has 0 heterocycles. The Bertz CT molecular complexity index is 1320. The van der Waals surface area contributed by atoms with E-state index in [1.165, 1.54) is 102 Å². The fourth-order valence-corrected chi connectivity index (χ4v) is 7.87. The fourth-order valence-electron chi connectivity index (χ4n) is 6.34. The zero-order chi connectivity index (χ0) is 37.9. The maximum absolute atomic E-state index is 2.45. The molecule has 51 heavy (non-hydrogen) atoms. The molecule has 0 N–H and O–H groups in total. The first kappa shape index (κ1) is 47.3. The van der Waals surface area contributed by atoms with Crippen molar-refractivity contribution in [3.05, 3.63) is 89.0 Å². The molecule has 0 amide bonds. The molecule has 0 nitrogen and oxygen atoms in total. The van der Waals surface area contributed by atoms with Gasteiger partial charge < -0.3 is 0 Å². The molecule has 1 aliphatic carbocycles. The van der Waals surface area contributed by atoms with Gasteiger partial charge in [-0.05, 0) is 80.7 Å². The molecule has 2 heteroatoms. The first-order valence-corrected chi connectivity index (χ1v) is 22.5. The summed E-state index contributed by atoms with van der Waals surface area (Å²) in [4.78, 5) is 0. The van der Waals surface area contributed by atoms with Crippen molar-refractivity contribution in [1.82, 2.24) is 0 Å². The minimum Gasteiger partial charge on any atom is -0.0885 e. The van der Waals surface area contributed by atoms with Gasteiger partial charge >= 0.3 is 0 Å². The Labute approximate surface area is 329 Å². The van der Waals surface area contributed by atoms with E-state index < -0.39 is 7.92 Å². The molecule has 0 unspecified atom stereocenters. The zero-order valence-electron chi connectivity index (χ0n) is 36.0. The van der Waals surface area contributed by atoms with Crippen LogP contribution in [0.4, 0.5) is 0 Å². The van der Waals surface area contributed by atoms with E-state index in [1.54, 1.807) is 5.30 Å². The normalized spacial score (nSPS) is 14.6. The number of benzene rings is 3. The van der Waals surface area contributed by atoms with Crippen molar-refractivity contribution in [1.29, 1.82) is 0 Å². The van der Waals surface area contributed by atoms with Gasteiger partial charge in [-0.25, -0.2) is 0 Å². The molecular weight excluding hydrogens is 678 g/mol. The van der Waals surface area contributed by atoms with Gasteiger partial charge in [0.25, 0.3) is 0 Å². The fraction of sp³-hybridized carbons (Fsp3) is 0.592. The summed E-state index contributed by atoms with van der Waals surface area (Å²) in [5.74, 6) is 0. The summed E-state index contributed by atoms with van der Waals surface area (Å²) in [6.45, 7) is 37.3. The number of allylic oxidation sites excluding steroid dienone is 2. The minimum atomic E-state index is -0.757. The van der Waals surface area contributed by atoms with Crippen molar-refractivity contribution in [3.63, 3.8) is 0 Å². The smallest absolute Gasteiger partial charge is 0.0885 e. The summed E-state index contributed by atoms with van der Waals surface area (Å²) in [6.07, 6.45) is 17.1. The summed E-state index contributed by atoms with van der Waals surface area (Å²) in [6, 6.07) is 21.7. The van der Waals surface area contributed by atoms with Crippen molar-refractivity contribution in [2.24, 2.45) is 0 Å². The molecular formula is C49H78NiP+. The molecule has 0 atom stereocenters.